The van der Waals surface area contributed by atoms with Gasteiger partial charge < -0.3 is 30.6 Å². The Bertz CT molecular complexity index is 166. The van der Waals surface area contributed by atoms with Crippen molar-refractivity contribution in [2.75, 3.05) is 6.61 Å². The molecule has 0 saturated carbocycles. The van der Waals surface area contributed by atoms with Crippen LogP contribution in [0.4, 0.5) is 0 Å². The lowest BCUT2D eigenvalue weighted by Gasteiger charge is -2.32. The zero-order valence-corrected chi connectivity index (χ0v) is 8.20. The average Bonchev–Trinajstić information content (AvgIpc) is 2.11. The Balaban J connectivity index is 4.38. The Morgan fingerprint density at radius 1 is 1.00 bits per heavy atom. The Morgan fingerprint density at radius 2 is 1.43 bits per heavy atom. The first-order valence-corrected chi connectivity index (χ1v) is 4.27. The van der Waals surface area contributed by atoms with E-state index in [1.807, 2.05) is 0 Å². The van der Waals surface area contributed by atoms with E-state index in [1.165, 1.54) is 13.8 Å². The summed E-state index contributed by atoms with van der Waals surface area (Å²) in [5.41, 5.74) is -1.60. The van der Waals surface area contributed by atoms with Gasteiger partial charge in [0.15, 0.2) is 0 Å². The molecule has 0 aromatic heterocycles. The first kappa shape index (κ1) is 13.8. The maximum absolute atomic E-state index is 9.32. The second-order valence-electron chi connectivity index (χ2n) is 3.83. The molecule has 86 valence electrons. The van der Waals surface area contributed by atoms with Gasteiger partial charge in [0, 0.05) is 0 Å². The molecule has 0 amide bonds. The van der Waals surface area contributed by atoms with E-state index in [9.17, 15) is 20.4 Å². The highest BCUT2D eigenvalue weighted by atomic mass is 16.4. The molecule has 0 spiro atoms. The molecule has 6 nitrogen and oxygen atoms in total. The third-order valence-electron chi connectivity index (χ3n) is 1.98. The van der Waals surface area contributed by atoms with Crippen molar-refractivity contribution < 1.29 is 30.6 Å². The summed E-state index contributed by atoms with van der Waals surface area (Å²) in [5.74, 6) is 0. The SMILES string of the molecule is CC(C)(O)[C@@H](O)[C@@H](O)[C@H](O)[C@H](O)CO. The topological polar surface area (TPSA) is 121 Å². The van der Waals surface area contributed by atoms with Crippen LogP contribution in [0.2, 0.25) is 0 Å². The summed E-state index contributed by atoms with van der Waals surface area (Å²) in [7, 11) is 0. The van der Waals surface area contributed by atoms with Crippen LogP contribution in [-0.4, -0.2) is 67.3 Å². The van der Waals surface area contributed by atoms with Crippen molar-refractivity contribution >= 4 is 0 Å². The fraction of sp³-hybridized carbons (Fsp3) is 1.00. The van der Waals surface area contributed by atoms with E-state index >= 15 is 0 Å². The lowest BCUT2D eigenvalue weighted by atomic mass is 9.92. The first-order chi connectivity index (χ1) is 6.21. The maximum atomic E-state index is 9.32. The van der Waals surface area contributed by atoms with Crippen molar-refractivity contribution in [3.63, 3.8) is 0 Å². The molecule has 0 aliphatic carbocycles. The smallest absolute Gasteiger partial charge is 0.111 e. The van der Waals surface area contributed by atoms with Crippen LogP contribution in [0.3, 0.4) is 0 Å². The van der Waals surface area contributed by atoms with Gasteiger partial charge in [-0.15, -0.1) is 0 Å². The maximum Gasteiger partial charge on any atom is 0.111 e. The molecule has 0 radical (unpaired) electrons. The van der Waals surface area contributed by atoms with E-state index in [2.05, 4.69) is 0 Å². The normalized spacial score (nSPS) is 21.4. The van der Waals surface area contributed by atoms with E-state index < -0.39 is 36.6 Å². The number of aliphatic hydroxyl groups excluding tert-OH is 5. The summed E-state index contributed by atoms with van der Waals surface area (Å²) in [6.45, 7) is 1.76. The third-order valence-corrected chi connectivity index (χ3v) is 1.98. The molecule has 0 heterocycles. The third kappa shape index (κ3) is 3.49. The lowest BCUT2D eigenvalue weighted by Crippen LogP contribution is -2.53. The molecule has 0 fully saturated rings. The average molecular weight is 210 g/mol. The molecular formula is C8H18O6. The summed E-state index contributed by atoms with van der Waals surface area (Å²) in [6, 6.07) is 0. The van der Waals surface area contributed by atoms with Gasteiger partial charge >= 0.3 is 0 Å². The number of aliphatic hydroxyl groups is 6. The minimum Gasteiger partial charge on any atom is -0.394 e. The van der Waals surface area contributed by atoms with E-state index in [1.54, 1.807) is 0 Å². The molecule has 0 aliphatic rings. The van der Waals surface area contributed by atoms with Crippen molar-refractivity contribution in [3.05, 3.63) is 0 Å². The molecule has 0 rings (SSSR count). The minimum atomic E-state index is -1.72. The summed E-state index contributed by atoms with van der Waals surface area (Å²) in [6.07, 6.45) is -6.60. The van der Waals surface area contributed by atoms with Crippen LogP contribution in [0.15, 0.2) is 0 Å². The number of hydrogen-bond acceptors (Lipinski definition) is 6. The molecule has 0 aromatic rings. The highest BCUT2D eigenvalue weighted by Crippen LogP contribution is 2.15. The Labute approximate surface area is 82.1 Å². The number of hydrogen-bond donors (Lipinski definition) is 6. The van der Waals surface area contributed by atoms with E-state index in [0.717, 1.165) is 0 Å². The Morgan fingerprint density at radius 3 is 1.71 bits per heavy atom. The largest absolute Gasteiger partial charge is 0.394 e. The Kier molecular flexibility index (Phi) is 4.93. The molecule has 6 heteroatoms. The minimum absolute atomic E-state index is 0.739. The zero-order valence-electron chi connectivity index (χ0n) is 8.20. The van der Waals surface area contributed by atoms with Crippen LogP contribution in [0.25, 0.3) is 0 Å². The van der Waals surface area contributed by atoms with E-state index in [4.69, 9.17) is 10.2 Å². The zero-order chi connectivity index (χ0) is 11.5. The summed E-state index contributed by atoms with van der Waals surface area (Å²) in [4.78, 5) is 0. The molecule has 0 bridgehead atoms. The molecule has 6 N–H and O–H groups in total. The van der Waals surface area contributed by atoms with Crippen LogP contribution >= 0.6 is 0 Å². The standard InChI is InChI=1S/C8H18O6/c1-8(2,14)7(13)6(12)5(11)4(10)3-9/h4-7,9-14H,3H2,1-2H3/t4-,5-,6+,7+/m1/s1. The monoisotopic (exact) mass is 210 g/mol. The molecule has 0 aliphatic heterocycles. The highest BCUT2D eigenvalue weighted by Gasteiger charge is 2.37. The molecule has 4 atom stereocenters. The first-order valence-electron chi connectivity index (χ1n) is 4.27. The van der Waals surface area contributed by atoms with Gasteiger partial charge in [-0.3, -0.25) is 0 Å². The van der Waals surface area contributed by atoms with Gasteiger partial charge in [-0.1, -0.05) is 0 Å². The molecular weight excluding hydrogens is 192 g/mol. The lowest BCUT2D eigenvalue weighted by molar-refractivity contribution is -0.162. The van der Waals surface area contributed by atoms with Crippen molar-refractivity contribution in [3.8, 4) is 0 Å². The fourth-order valence-electron chi connectivity index (χ4n) is 0.940. The van der Waals surface area contributed by atoms with Crippen LogP contribution in [-0.2, 0) is 0 Å². The van der Waals surface area contributed by atoms with Gasteiger partial charge in [0.1, 0.15) is 24.4 Å². The van der Waals surface area contributed by atoms with Gasteiger partial charge in [-0.25, -0.2) is 0 Å². The predicted molar refractivity (Wildman–Crippen MR) is 47.4 cm³/mol. The van der Waals surface area contributed by atoms with Gasteiger partial charge in [-0.2, -0.15) is 0 Å². The van der Waals surface area contributed by atoms with Gasteiger partial charge in [-0.05, 0) is 13.8 Å². The van der Waals surface area contributed by atoms with E-state index in [-0.39, 0.29) is 0 Å². The van der Waals surface area contributed by atoms with E-state index in [0.29, 0.717) is 0 Å². The molecule has 14 heavy (non-hydrogen) atoms. The van der Waals surface area contributed by atoms with Crippen LogP contribution in [0.5, 0.6) is 0 Å². The molecule has 0 saturated heterocycles. The number of rotatable bonds is 5. The van der Waals surface area contributed by atoms with Gasteiger partial charge in [0.2, 0.25) is 0 Å². The summed E-state index contributed by atoms with van der Waals surface area (Å²) < 4.78 is 0. The van der Waals surface area contributed by atoms with Crippen LogP contribution < -0.4 is 0 Å². The summed E-state index contributed by atoms with van der Waals surface area (Å²) in [5, 5.41) is 54.5. The van der Waals surface area contributed by atoms with Gasteiger partial charge in [0.25, 0.3) is 0 Å². The van der Waals surface area contributed by atoms with Crippen molar-refractivity contribution in [1.29, 1.82) is 0 Å². The van der Waals surface area contributed by atoms with Crippen molar-refractivity contribution in [1.82, 2.24) is 0 Å². The van der Waals surface area contributed by atoms with Crippen LogP contribution in [0.1, 0.15) is 13.8 Å². The van der Waals surface area contributed by atoms with Gasteiger partial charge in [0.05, 0.1) is 12.2 Å². The van der Waals surface area contributed by atoms with Crippen LogP contribution in [0, 0.1) is 0 Å². The van der Waals surface area contributed by atoms with Crippen molar-refractivity contribution in [2.24, 2.45) is 0 Å². The predicted octanol–water partition coefficient (Wildman–Crippen LogP) is -2.81. The van der Waals surface area contributed by atoms with Crippen molar-refractivity contribution in [2.45, 2.75) is 43.9 Å². The fourth-order valence-corrected chi connectivity index (χ4v) is 0.940. The molecule has 0 unspecified atom stereocenters. The highest BCUT2D eigenvalue weighted by molar-refractivity contribution is 4.88. The summed E-state index contributed by atoms with van der Waals surface area (Å²) >= 11 is 0. The Hall–Kier alpha value is -0.240. The second-order valence-corrected chi connectivity index (χ2v) is 3.83. The molecule has 0 aromatic carbocycles. The quantitative estimate of drug-likeness (QED) is 0.291. The second kappa shape index (κ2) is 5.01.